The van der Waals surface area contributed by atoms with E-state index >= 15 is 0 Å². The van der Waals surface area contributed by atoms with Gasteiger partial charge in [-0.05, 0) is 31.9 Å². The van der Waals surface area contributed by atoms with Crippen LogP contribution in [0.2, 0.25) is 0 Å². The second kappa shape index (κ2) is 3.53. The minimum atomic E-state index is 0.0368. The van der Waals surface area contributed by atoms with Crippen LogP contribution in [-0.2, 0) is 0 Å². The number of carbonyl (C=O) groups excluding carboxylic acids is 1. The largest absolute Gasteiger partial charge is 0.384 e. The van der Waals surface area contributed by atoms with Gasteiger partial charge in [-0.1, -0.05) is 0 Å². The van der Waals surface area contributed by atoms with Crippen LogP contribution in [0.15, 0.2) is 12.1 Å². The molecule has 80 valence electrons. The number of hydrogen-bond donors (Lipinski definition) is 1. The highest BCUT2D eigenvalue weighted by Gasteiger charge is 2.30. The lowest BCUT2D eigenvalue weighted by Gasteiger charge is -2.16. The first-order valence-electron chi connectivity index (χ1n) is 5.09. The van der Waals surface area contributed by atoms with Crippen LogP contribution in [0.3, 0.4) is 0 Å². The zero-order chi connectivity index (χ0) is 11.0. The second-order valence-corrected chi connectivity index (χ2v) is 4.07. The zero-order valence-electron chi connectivity index (χ0n) is 9.03. The van der Waals surface area contributed by atoms with Gasteiger partial charge in [0.15, 0.2) is 0 Å². The number of nitrogens with zero attached hydrogens (tertiary/aromatic N) is 2. The van der Waals surface area contributed by atoms with E-state index in [0.717, 1.165) is 18.5 Å². The number of pyridine rings is 1. The van der Waals surface area contributed by atoms with Gasteiger partial charge in [-0.3, -0.25) is 4.79 Å². The molecular weight excluding hydrogens is 190 g/mol. The van der Waals surface area contributed by atoms with Crippen LogP contribution in [0.1, 0.15) is 28.9 Å². The van der Waals surface area contributed by atoms with Crippen molar-refractivity contribution in [3.05, 3.63) is 23.4 Å². The highest BCUT2D eigenvalue weighted by Crippen LogP contribution is 2.26. The SMILES string of the molecule is Cc1cc(C(=O)N(C)C2CC2)cc(N)n1. The molecule has 1 heterocycles. The van der Waals surface area contributed by atoms with Gasteiger partial charge >= 0.3 is 0 Å². The molecule has 0 aromatic carbocycles. The van der Waals surface area contributed by atoms with Gasteiger partial charge in [-0.25, -0.2) is 4.98 Å². The Balaban J connectivity index is 2.24. The normalized spacial score (nSPS) is 15.1. The highest BCUT2D eigenvalue weighted by atomic mass is 16.2. The van der Waals surface area contributed by atoms with E-state index in [4.69, 9.17) is 5.73 Å². The van der Waals surface area contributed by atoms with E-state index in [2.05, 4.69) is 4.98 Å². The molecule has 0 aliphatic heterocycles. The predicted molar refractivity (Wildman–Crippen MR) is 58.5 cm³/mol. The average Bonchev–Trinajstić information content (AvgIpc) is 2.97. The molecule has 2 N–H and O–H groups in total. The zero-order valence-corrected chi connectivity index (χ0v) is 9.03. The first-order chi connectivity index (χ1) is 7.08. The fourth-order valence-corrected chi connectivity index (χ4v) is 1.65. The lowest BCUT2D eigenvalue weighted by Crippen LogP contribution is -2.28. The van der Waals surface area contributed by atoms with Gasteiger partial charge < -0.3 is 10.6 Å². The molecule has 4 heteroatoms. The maximum atomic E-state index is 12.0. The van der Waals surface area contributed by atoms with Crippen molar-refractivity contribution in [2.75, 3.05) is 12.8 Å². The summed E-state index contributed by atoms with van der Waals surface area (Å²) in [5, 5.41) is 0. The summed E-state index contributed by atoms with van der Waals surface area (Å²) >= 11 is 0. The lowest BCUT2D eigenvalue weighted by atomic mass is 10.2. The van der Waals surface area contributed by atoms with E-state index in [1.807, 2.05) is 14.0 Å². The van der Waals surface area contributed by atoms with Gasteiger partial charge in [0.2, 0.25) is 0 Å². The van der Waals surface area contributed by atoms with Gasteiger partial charge in [-0.15, -0.1) is 0 Å². The molecule has 0 atom stereocenters. The van der Waals surface area contributed by atoms with Crippen molar-refractivity contribution in [3.63, 3.8) is 0 Å². The van der Waals surface area contributed by atoms with Gasteiger partial charge in [0.05, 0.1) is 0 Å². The quantitative estimate of drug-likeness (QED) is 0.789. The number of rotatable bonds is 2. The van der Waals surface area contributed by atoms with Crippen LogP contribution >= 0.6 is 0 Å². The molecule has 15 heavy (non-hydrogen) atoms. The van der Waals surface area contributed by atoms with Crippen molar-refractivity contribution in [2.45, 2.75) is 25.8 Å². The summed E-state index contributed by atoms with van der Waals surface area (Å²) in [4.78, 5) is 17.8. The second-order valence-electron chi connectivity index (χ2n) is 4.07. The third-order valence-corrected chi connectivity index (χ3v) is 2.64. The fraction of sp³-hybridized carbons (Fsp3) is 0.455. The Labute approximate surface area is 89.1 Å². The van der Waals surface area contributed by atoms with Crippen LogP contribution in [0, 0.1) is 6.92 Å². The highest BCUT2D eigenvalue weighted by molar-refractivity contribution is 5.95. The smallest absolute Gasteiger partial charge is 0.254 e. The van der Waals surface area contributed by atoms with Gasteiger partial charge in [-0.2, -0.15) is 0 Å². The molecule has 4 nitrogen and oxygen atoms in total. The number of anilines is 1. The Kier molecular flexibility index (Phi) is 2.34. The number of carbonyl (C=O) groups is 1. The van der Waals surface area contributed by atoms with E-state index in [-0.39, 0.29) is 5.91 Å². The third-order valence-electron chi connectivity index (χ3n) is 2.64. The van der Waals surface area contributed by atoms with Crippen LogP contribution in [0.4, 0.5) is 5.82 Å². The number of nitrogen functional groups attached to an aromatic ring is 1. The van der Waals surface area contributed by atoms with E-state index in [9.17, 15) is 4.79 Å². The van der Waals surface area contributed by atoms with Crippen molar-refractivity contribution in [1.29, 1.82) is 0 Å². The molecule has 1 aliphatic carbocycles. The van der Waals surface area contributed by atoms with Crippen LogP contribution in [0.5, 0.6) is 0 Å². The first kappa shape index (κ1) is 9.96. The Hall–Kier alpha value is -1.58. The maximum absolute atomic E-state index is 12.0. The van der Waals surface area contributed by atoms with Gasteiger partial charge in [0.1, 0.15) is 5.82 Å². The minimum Gasteiger partial charge on any atom is -0.384 e. The Morgan fingerprint density at radius 3 is 2.73 bits per heavy atom. The number of aromatic nitrogens is 1. The molecule has 1 aromatic rings. The molecular formula is C11H15N3O. The van der Waals surface area contributed by atoms with Gasteiger partial charge in [0, 0.05) is 24.3 Å². The van der Waals surface area contributed by atoms with Crippen LogP contribution in [0.25, 0.3) is 0 Å². The van der Waals surface area contributed by atoms with Crippen molar-refractivity contribution in [3.8, 4) is 0 Å². The van der Waals surface area contributed by atoms with Gasteiger partial charge in [0.25, 0.3) is 5.91 Å². The Morgan fingerprint density at radius 1 is 1.53 bits per heavy atom. The molecule has 0 saturated heterocycles. The standard InChI is InChI=1S/C11H15N3O/c1-7-5-8(6-10(12)13-7)11(15)14(2)9-3-4-9/h5-6,9H,3-4H2,1-2H3,(H2,12,13). The number of nitrogens with two attached hydrogens (primary N) is 1. The van der Waals surface area contributed by atoms with Crippen LogP contribution < -0.4 is 5.73 Å². The number of hydrogen-bond acceptors (Lipinski definition) is 3. The summed E-state index contributed by atoms with van der Waals surface area (Å²) in [5.74, 6) is 0.442. The third kappa shape index (κ3) is 2.09. The van der Waals surface area contributed by atoms with Crippen molar-refractivity contribution in [2.24, 2.45) is 0 Å². The Bertz CT molecular complexity index is 379. The summed E-state index contributed by atoms with van der Waals surface area (Å²) in [6.45, 7) is 1.84. The summed E-state index contributed by atoms with van der Waals surface area (Å²) in [6, 6.07) is 3.83. The summed E-state index contributed by atoms with van der Waals surface area (Å²) in [7, 11) is 1.84. The molecule has 2 rings (SSSR count). The summed E-state index contributed by atoms with van der Waals surface area (Å²) in [5.41, 5.74) is 7.02. The molecule has 1 fully saturated rings. The van der Waals surface area contributed by atoms with Crippen LogP contribution in [-0.4, -0.2) is 28.9 Å². The predicted octanol–water partition coefficient (Wildman–Crippen LogP) is 1.21. The molecule has 0 bridgehead atoms. The topological polar surface area (TPSA) is 59.2 Å². The van der Waals surface area contributed by atoms with E-state index < -0.39 is 0 Å². The molecule has 0 spiro atoms. The average molecular weight is 205 g/mol. The minimum absolute atomic E-state index is 0.0368. The van der Waals surface area contributed by atoms with E-state index in [1.54, 1.807) is 17.0 Å². The van der Waals surface area contributed by atoms with Crippen molar-refractivity contribution in [1.82, 2.24) is 9.88 Å². The fourth-order valence-electron chi connectivity index (χ4n) is 1.65. The first-order valence-corrected chi connectivity index (χ1v) is 5.09. The molecule has 1 amide bonds. The van der Waals surface area contributed by atoms with E-state index in [1.165, 1.54) is 0 Å². The molecule has 0 radical (unpaired) electrons. The maximum Gasteiger partial charge on any atom is 0.254 e. The molecule has 1 aliphatic rings. The number of aryl methyl sites for hydroxylation is 1. The Morgan fingerprint density at radius 2 is 2.20 bits per heavy atom. The molecule has 1 aromatic heterocycles. The summed E-state index contributed by atoms with van der Waals surface area (Å²) < 4.78 is 0. The number of amides is 1. The van der Waals surface area contributed by atoms with Crippen molar-refractivity contribution >= 4 is 11.7 Å². The molecule has 1 saturated carbocycles. The summed E-state index contributed by atoms with van der Waals surface area (Å²) in [6.07, 6.45) is 2.23. The monoisotopic (exact) mass is 205 g/mol. The molecule has 0 unspecified atom stereocenters. The van der Waals surface area contributed by atoms with E-state index in [0.29, 0.717) is 17.4 Å². The lowest BCUT2D eigenvalue weighted by molar-refractivity contribution is 0.0785. The van der Waals surface area contributed by atoms with Crippen molar-refractivity contribution < 1.29 is 4.79 Å².